The number of rotatable bonds is 5. The van der Waals surface area contributed by atoms with E-state index in [1.807, 2.05) is 11.4 Å². The molecule has 3 rings (SSSR count). The molecule has 4 nitrogen and oxygen atoms in total. The average Bonchev–Trinajstić information content (AvgIpc) is 3.16. The van der Waals surface area contributed by atoms with Crippen LogP contribution >= 0.6 is 27.3 Å². The fraction of sp³-hybridized carbons (Fsp3) is 0.0588. The first-order valence-corrected chi connectivity index (χ1v) is 8.77. The summed E-state index contributed by atoms with van der Waals surface area (Å²) in [6.07, 6.45) is 4.68. The van der Waals surface area contributed by atoms with Crippen LogP contribution in [0.5, 0.6) is 0 Å². The van der Waals surface area contributed by atoms with Gasteiger partial charge in [-0.1, -0.05) is 12.1 Å². The van der Waals surface area contributed by atoms with Gasteiger partial charge in [-0.15, -0.1) is 11.3 Å². The Morgan fingerprint density at radius 1 is 1.33 bits per heavy atom. The van der Waals surface area contributed by atoms with Crippen molar-refractivity contribution in [3.05, 3.63) is 74.8 Å². The molecular formula is C17H13BrFN3OS. The van der Waals surface area contributed by atoms with E-state index in [0.717, 1.165) is 14.9 Å². The highest BCUT2D eigenvalue weighted by molar-refractivity contribution is 9.10. The molecule has 7 heteroatoms. The Morgan fingerprint density at radius 3 is 2.83 bits per heavy atom. The van der Waals surface area contributed by atoms with Gasteiger partial charge in [0.15, 0.2) is 0 Å². The summed E-state index contributed by atoms with van der Waals surface area (Å²) in [5.41, 5.74) is 0.753. The van der Waals surface area contributed by atoms with E-state index in [2.05, 4.69) is 26.3 Å². The number of hydrogen-bond donors (Lipinski definition) is 1. The largest absolute Gasteiger partial charge is 0.307 e. The monoisotopic (exact) mass is 405 g/mol. The molecule has 0 bridgehead atoms. The zero-order valence-corrected chi connectivity index (χ0v) is 14.8. The molecule has 3 aromatic rings. The van der Waals surface area contributed by atoms with Crippen LogP contribution in [-0.4, -0.2) is 15.7 Å². The van der Waals surface area contributed by atoms with Gasteiger partial charge < -0.3 is 5.32 Å². The van der Waals surface area contributed by atoms with Gasteiger partial charge >= 0.3 is 0 Å². The van der Waals surface area contributed by atoms with Crippen molar-refractivity contribution in [2.45, 2.75) is 6.54 Å². The van der Waals surface area contributed by atoms with Crippen molar-refractivity contribution in [3.63, 3.8) is 0 Å². The second kappa shape index (κ2) is 7.55. The maximum absolute atomic E-state index is 12.8. The van der Waals surface area contributed by atoms with Gasteiger partial charge in [0.25, 0.3) is 0 Å². The van der Waals surface area contributed by atoms with Crippen molar-refractivity contribution >= 4 is 45.1 Å². The van der Waals surface area contributed by atoms with Crippen LogP contribution in [0, 0.1) is 5.82 Å². The minimum absolute atomic E-state index is 0.270. The molecule has 0 unspecified atom stereocenters. The van der Waals surface area contributed by atoms with E-state index < -0.39 is 0 Å². The van der Waals surface area contributed by atoms with Crippen molar-refractivity contribution in [2.75, 3.05) is 5.32 Å². The zero-order chi connectivity index (χ0) is 16.9. The standard InChI is InChI=1S/C17H13BrFN3OS/c18-13-9-15(24-11-13)10-22-16(7-8-20-22)21-17(23)6-3-12-1-4-14(19)5-2-12/h1-9,11H,10H2,(H,21,23)/b6-3+. The van der Waals surface area contributed by atoms with Gasteiger partial charge in [-0.3, -0.25) is 4.79 Å². The topological polar surface area (TPSA) is 46.9 Å². The van der Waals surface area contributed by atoms with Gasteiger partial charge in [0.1, 0.15) is 11.6 Å². The molecular weight excluding hydrogens is 393 g/mol. The van der Waals surface area contributed by atoms with Gasteiger partial charge in [0.05, 0.1) is 12.7 Å². The molecule has 0 saturated heterocycles. The van der Waals surface area contributed by atoms with Crippen LogP contribution < -0.4 is 5.32 Å². The van der Waals surface area contributed by atoms with E-state index >= 15 is 0 Å². The number of halogens is 2. The summed E-state index contributed by atoms with van der Waals surface area (Å²) < 4.78 is 15.6. The van der Waals surface area contributed by atoms with Crippen molar-refractivity contribution in [1.29, 1.82) is 0 Å². The SMILES string of the molecule is O=C(/C=C/c1ccc(F)cc1)Nc1ccnn1Cc1cc(Br)cs1. The number of anilines is 1. The van der Waals surface area contributed by atoms with Crippen molar-refractivity contribution in [1.82, 2.24) is 9.78 Å². The number of amides is 1. The van der Waals surface area contributed by atoms with Gasteiger partial charge in [0.2, 0.25) is 5.91 Å². The van der Waals surface area contributed by atoms with Crippen LogP contribution in [0.3, 0.4) is 0 Å². The third-order valence-electron chi connectivity index (χ3n) is 3.19. The van der Waals surface area contributed by atoms with E-state index in [-0.39, 0.29) is 11.7 Å². The Hall–Kier alpha value is -2.25. The quantitative estimate of drug-likeness (QED) is 0.633. The zero-order valence-electron chi connectivity index (χ0n) is 12.4. The smallest absolute Gasteiger partial charge is 0.249 e. The molecule has 0 aliphatic carbocycles. The van der Waals surface area contributed by atoms with E-state index in [1.54, 1.807) is 46.5 Å². The maximum atomic E-state index is 12.8. The second-order valence-electron chi connectivity index (χ2n) is 4.98. The Bertz CT molecular complexity index is 870. The van der Waals surface area contributed by atoms with Gasteiger partial charge in [-0.05, 0) is 45.8 Å². The number of carbonyl (C=O) groups excluding carboxylic acids is 1. The molecule has 1 N–H and O–H groups in total. The summed E-state index contributed by atoms with van der Waals surface area (Å²) in [5.74, 6) is 0.0439. The van der Waals surface area contributed by atoms with Crippen LogP contribution in [0.25, 0.3) is 6.08 Å². The summed E-state index contributed by atoms with van der Waals surface area (Å²) in [6.45, 7) is 0.584. The van der Waals surface area contributed by atoms with Crippen LogP contribution in [0.15, 0.2) is 58.5 Å². The molecule has 2 heterocycles. The van der Waals surface area contributed by atoms with Gasteiger partial charge in [-0.2, -0.15) is 5.10 Å². The van der Waals surface area contributed by atoms with Crippen molar-refractivity contribution < 1.29 is 9.18 Å². The van der Waals surface area contributed by atoms with E-state index in [0.29, 0.717) is 12.4 Å². The fourth-order valence-corrected chi connectivity index (χ4v) is 3.49. The number of nitrogens with zero attached hydrogens (tertiary/aromatic N) is 2. The number of hydrogen-bond acceptors (Lipinski definition) is 3. The van der Waals surface area contributed by atoms with Crippen LogP contribution in [0.4, 0.5) is 10.2 Å². The number of nitrogens with one attached hydrogen (secondary N) is 1. The fourth-order valence-electron chi connectivity index (χ4n) is 2.06. The normalized spacial score (nSPS) is 11.1. The maximum Gasteiger partial charge on any atom is 0.249 e. The Balaban J connectivity index is 1.64. The third-order valence-corrected chi connectivity index (χ3v) is 4.87. The lowest BCUT2D eigenvalue weighted by atomic mass is 10.2. The lowest BCUT2D eigenvalue weighted by Crippen LogP contribution is -2.13. The lowest BCUT2D eigenvalue weighted by Gasteiger charge is -2.06. The molecule has 0 atom stereocenters. The molecule has 1 amide bonds. The highest BCUT2D eigenvalue weighted by Crippen LogP contribution is 2.21. The molecule has 2 aromatic heterocycles. The molecule has 1 aromatic carbocycles. The highest BCUT2D eigenvalue weighted by atomic mass is 79.9. The van der Waals surface area contributed by atoms with E-state index in [1.165, 1.54) is 18.2 Å². The summed E-state index contributed by atoms with van der Waals surface area (Å²) in [6, 6.07) is 9.69. The molecule has 0 spiro atoms. The highest BCUT2D eigenvalue weighted by Gasteiger charge is 2.07. The second-order valence-corrected chi connectivity index (χ2v) is 6.89. The molecule has 0 aliphatic rings. The number of carbonyl (C=O) groups is 1. The molecule has 0 aliphatic heterocycles. The van der Waals surface area contributed by atoms with E-state index in [9.17, 15) is 9.18 Å². The molecule has 24 heavy (non-hydrogen) atoms. The lowest BCUT2D eigenvalue weighted by molar-refractivity contribution is -0.111. The first kappa shape index (κ1) is 16.6. The molecule has 122 valence electrons. The summed E-state index contributed by atoms with van der Waals surface area (Å²) in [7, 11) is 0. The van der Waals surface area contributed by atoms with Crippen LogP contribution in [0.1, 0.15) is 10.4 Å². The van der Waals surface area contributed by atoms with E-state index in [4.69, 9.17) is 0 Å². The van der Waals surface area contributed by atoms with Crippen LogP contribution in [-0.2, 0) is 11.3 Å². The summed E-state index contributed by atoms with van der Waals surface area (Å²) in [5, 5.41) is 9.02. The van der Waals surface area contributed by atoms with Crippen LogP contribution in [0.2, 0.25) is 0 Å². The predicted octanol–water partition coefficient (Wildman–Crippen LogP) is 4.55. The average molecular weight is 406 g/mol. The minimum atomic E-state index is -0.305. The van der Waals surface area contributed by atoms with Gasteiger partial charge in [-0.25, -0.2) is 9.07 Å². The number of benzene rings is 1. The summed E-state index contributed by atoms with van der Waals surface area (Å²) >= 11 is 5.04. The Labute approximate surface area is 150 Å². The Morgan fingerprint density at radius 2 is 2.12 bits per heavy atom. The number of thiophene rings is 1. The number of aromatic nitrogens is 2. The predicted molar refractivity (Wildman–Crippen MR) is 97.4 cm³/mol. The van der Waals surface area contributed by atoms with Gasteiger partial charge in [0, 0.05) is 26.9 Å². The first-order valence-electron chi connectivity index (χ1n) is 7.09. The third kappa shape index (κ3) is 4.39. The van der Waals surface area contributed by atoms with Crippen molar-refractivity contribution in [2.24, 2.45) is 0 Å². The molecule has 0 saturated carbocycles. The minimum Gasteiger partial charge on any atom is -0.307 e. The summed E-state index contributed by atoms with van der Waals surface area (Å²) in [4.78, 5) is 13.2. The van der Waals surface area contributed by atoms with Crippen molar-refractivity contribution in [3.8, 4) is 0 Å². The Kier molecular flexibility index (Phi) is 5.22. The molecule has 0 radical (unpaired) electrons. The first-order chi connectivity index (χ1) is 11.6. The molecule has 0 fully saturated rings.